The minimum absolute atomic E-state index is 0. The minimum atomic E-state index is 0. The van der Waals surface area contributed by atoms with Crippen LogP contribution in [0, 0.1) is 23.0 Å². The third-order valence-electron chi connectivity index (χ3n) is 14.2. The Labute approximate surface area is 474 Å². The Kier molecular flexibility index (Phi) is 38.6. The first kappa shape index (κ1) is 69.9. The average molecular weight is 1150 g/mol. The van der Waals surface area contributed by atoms with E-state index in [0.717, 1.165) is 0 Å². The van der Waals surface area contributed by atoms with Crippen LogP contribution in [0.5, 0.6) is 0 Å². The fourth-order valence-corrected chi connectivity index (χ4v) is 14.3. The van der Waals surface area contributed by atoms with E-state index in [-0.39, 0.29) is 104 Å². The van der Waals surface area contributed by atoms with Gasteiger partial charge in [0.1, 0.15) is 0 Å². The molecular formula is C62H94Cl2P2Zr2-2. The summed E-state index contributed by atoms with van der Waals surface area (Å²) >= 11 is 0. The maximum atomic E-state index is 3.44. The minimum Gasteiger partial charge on any atom is -1.00 e. The second-order valence-electron chi connectivity index (χ2n) is 20.2. The maximum Gasteiger partial charge on any atom is 2.00 e. The van der Waals surface area contributed by atoms with E-state index < -0.39 is 0 Å². The molecule has 4 aromatic rings. The van der Waals surface area contributed by atoms with Gasteiger partial charge in [-0.3, -0.25) is 12.2 Å². The molecule has 0 aliphatic heterocycles. The smallest absolute Gasteiger partial charge is 1.00 e. The van der Waals surface area contributed by atoms with Crippen molar-refractivity contribution in [2.45, 2.75) is 200 Å². The molecule has 4 aromatic carbocycles. The van der Waals surface area contributed by atoms with Crippen LogP contribution in [0.1, 0.15) is 200 Å². The normalized spacial score (nSPS) is 14.4. The summed E-state index contributed by atoms with van der Waals surface area (Å²) in [5.41, 5.74) is 8.79. The Hall–Kier alpha value is -0.174. The first-order chi connectivity index (χ1) is 30.6. The van der Waals surface area contributed by atoms with Crippen LogP contribution in [0.2, 0.25) is 0 Å². The van der Waals surface area contributed by atoms with E-state index >= 15 is 0 Å². The van der Waals surface area contributed by atoms with Crippen LogP contribution >= 0.6 is 15.8 Å². The van der Waals surface area contributed by atoms with Gasteiger partial charge in [0.2, 0.25) is 0 Å². The van der Waals surface area contributed by atoms with Crippen molar-refractivity contribution in [2.24, 2.45) is 10.8 Å². The van der Waals surface area contributed by atoms with E-state index in [4.69, 9.17) is 0 Å². The van der Waals surface area contributed by atoms with Crippen molar-refractivity contribution in [2.75, 3.05) is 24.6 Å². The van der Waals surface area contributed by atoms with Crippen LogP contribution in [-0.4, -0.2) is 24.6 Å². The number of unbranched alkanes of at least 4 members (excludes halogenated alkanes) is 12. The van der Waals surface area contributed by atoms with Crippen molar-refractivity contribution in [3.05, 3.63) is 118 Å². The Balaban J connectivity index is 0. The van der Waals surface area contributed by atoms with E-state index in [2.05, 4.69) is 182 Å². The van der Waals surface area contributed by atoms with Crippen LogP contribution in [0.25, 0.3) is 21.5 Å². The summed E-state index contributed by atoms with van der Waals surface area (Å²) in [5, 5.41) is 9.06. The van der Waals surface area contributed by atoms with Gasteiger partial charge in [-0.15, -0.1) is 94.5 Å². The molecule has 6 rings (SSSR count). The third kappa shape index (κ3) is 23.8. The van der Waals surface area contributed by atoms with Crippen molar-refractivity contribution in [1.82, 2.24) is 0 Å². The van der Waals surface area contributed by atoms with E-state index in [1.807, 2.05) is 0 Å². The van der Waals surface area contributed by atoms with Gasteiger partial charge in [-0.1, -0.05) is 199 Å². The van der Waals surface area contributed by atoms with E-state index in [0.29, 0.717) is 0 Å². The number of allylic oxidation sites excluding steroid dienone is 8. The van der Waals surface area contributed by atoms with Crippen LogP contribution in [0.15, 0.2) is 106 Å². The van der Waals surface area contributed by atoms with Gasteiger partial charge in [0.05, 0.1) is 0 Å². The topological polar surface area (TPSA) is 0 Å². The number of hydrogen-bond acceptors (Lipinski definition) is 0. The molecule has 0 aromatic heterocycles. The molecule has 0 saturated heterocycles. The Morgan fingerprint density at radius 2 is 0.706 bits per heavy atom. The molecule has 0 fully saturated rings. The van der Waals surface area contributed by atoms with Gasteiger partial charge in [0, 0.05) is 0 Å². The van der Waals surface area contributed by atoms with E-state index in [1.54, 1.807) is 10.6 Å². The van der Waals surface area contributed by atoms with Crippen LogP contribution in [0.3, 0.4) is 0 Å². The van der Waals surface area contributed by atoms with E-state index in [9.17, 15) is 0 Å². The number of rotatable bonds is 22. The van der Waals surface area contributed by atoms with Gasteiger partial charge in [-0.2, -0.15) is 34.4 Å². The van der Waals surface area contributed by atoms with Gasteiger partial charge < -0.3 is 24.8 Å². The third-order valence-corrected chi connectivity index (χ3v) is 19.6. The van der Waals surface area contributed by atoms with Crippen LogP contribution in [-0.2, 0) is 52.4 Å². The summed E-state index contributed by atoms with van der Waals surface area (Å²) in [7, 11) is 0.128. The van der Waals surface area contributed by atoms with Crippen LogP contribution in [0.4, 0.5) is 0 Å². The standard InChI is InChI=1S/2C21H32P.2C10H15.2ClH.2Zr/c2*1-3-5-7-11-15-22(16-12-8-6-4-2)21-17-19-13-9-10-14-20(19)18-21;2*1-7-6-10(4,5)9(3)8(7)2;;;;/h2*9-10,13-14,17-18H,3-8,11-12,15-16H2,1-2H3;2*1-5H3;2*1H;;/q4*-1;;;2*+2/p-2. The van der Waals surface area contributed by atoms with Gasteiger partial charge in [0.25, 0.3) is 0 Å². The molecule has 2 aliphatic rings. The summed E-state index contributed by atoms with van der Waals surface area (Å²) < 4.78 is 0. The average Bonchev–Trinajstić information content (AvgIpc) is 4.00. The van der Waals surface area contributed by atoms with Crippen molar-refractivity contribution < 1.29 is 77.2 Å². The number of halogens is 2. The molecule has 0 atom stereocenters. The maximum absolute atomic E-state index is 3.44. The molecule has 0 radical (unpaired) electrons. The summed E-state index contributed by atoms with van der Waals surface area (Å²) in [5.74, 6) is 0. The van der Waals surface area contributed by atoms with E-state index in [1.165, 1.54) is 182 Å². The summed E-state index contributed by atoms with van der Waals surface area (Å²) in [4.78, 5) is 0. The summed E-state index contributed by atoms with van der Waals surface area (Å²) in [6.07, 6.45) is 35.0. The molecule has 6 heteroatoms. The summed E-state index contributed by atoms with van der Waals surface area (Å²) in [6, 6.07) is 27.6. The number of fused-ring (bicyclic) bond motifs is 2. The molecular weight excluding hydrogens is 1060 g/mol. The molecule has 68 heavy (non-hydrogen) atoms. The molecule has 0 saturated carbocycles. The van der Waals surface area contributed by atoms with Gasteiger partial charge in [-0.05, 0) is 50.3 Å². The zero-order chi connectivity index (χ0) is 47.1. The first-order valence-electron chi connectivity index (χ1n) is 26.0. The molecule has 0 nitrogen and oxygen atoms in total. The molecule has 0 N–H and O–H groups in total. The van der Waals surface area contributed by atoms with Crippen molar-refractivity contribution in [1.29, 1.82) is 0 Å². The second-order valence-corrected chi connectivity index (χ2v) is 25.1. The molecule has 0 amide bonds. The molecule has 0 bridgehead atoms. The largest absolute Gasteiger partial charge is 2.00 e. The zero-order valence-corrected chi connectivity index (χ0v) is 53.9. The fraction of sp³-hybridized carbons (Fsp3) is 0.581. The SMILES string of the molecule is CC1=[C-]C(C)(C)C(C)=C1C.CC1=[C-]C(C)(C)C(C)=C1C.CCCCCCP(CCCCCC)c1cc2ccccc2[cH-]1.CCCCCCP(CCCCCC)c1cc2ccccc2[cH-]1.[Cl-].[Cl-].[Zr+2].[Zr+2]. The molecule has 2 aliphatic carbocycles. The second kappa shape index (κ2) is 37.5. The fourth-order valence-electron chi connectivity index (χ4n) is 9.10. The zero-order valence-electron chi connectivity index (χ0n) is 45.7. The number of hydrogen-bond donors (Lipinski definition) is 0. The predicted molar refractivity (Wildman–Crippen MR) is 297 cm³/mol. The Morgan fingerprint density at radius 3 is 0.912 bits per heavy atom. The molecule has 0 spiro atoms. The molecule has 0 unspecified atom stereocenters. The molecule has 0 heterocycles. The quantitative estimate of drug-likeness (QED) is 0.0418. The summed E-state index contributed by atoms with van der Waals surface area (Å²) in [6.45, 7) is 31.1. The van der Waals surface area contributed by atoms with Gasteiger partial charge >= 0.3 is 52.4 Å². The van der Waals surface area contributed by atoms with Crippen molar-refractivity contribution >= 4 is 48.0 Å². The van der Waals surface area contributed by atoms with Gasteiger partial charge in [0.15, 0.2) is 0 Å². The first-order valence-corrected chi connectivity index (χ1v) is 29.4. The molecule has 376 valence electrons. The Morgan fingerprint density at radius 1 is 0.426 bits per heavy atom. The van der Waals surface area contributed by atoms with Gasteiger partial charge in [-0.25, -0.2) is 11.1 Å². The Bertz CT molecular complexity index is 1840. The van der Waals surface area contributed by atoms with Crippen LogP contribution < -0.4 is 35.4 Å². The van der Waals surface area contributed by atoms with Crippen molar-refractivity contribution in [3.8, 4) is 0 Å². The predicted octanol–water partition coefficient (Wildman–Crippen LogP) is 13.9. The number of benzene rings is 2. The monoisotopic (exact) mass is 1150 g/mol. The van der Waals surface area contributed by atoms with Crippen molar-refractivity contribution in [3.63, 3.8) is 0 Å².